The van der Waals surface area contributed by atoms with Crippen molar-refractivity contribution in [1.82, 2.24) is 4.90 Å². The van der Waals surface area contributed by atoms with Crippen LogP contribution in [-0.2, 0) is 4.79 Å². The minimum Gasteiger partial charge on any atom is -0.478 e. The van der Waals surface area contributed by atoms with Gasteiger partial charge in [0.25, 0.3) is 0 Å². The Morgan fingerprint density at radius 1 is 1.41 bits per heavy atom. The topological polar surface area (TPSA) is 40.5 Å². The lowest BCUT2D eigenvalue weighted by Crippen LogP contribution is -2.45. The minimum absolute atomic E-state index is 0.531. The highest BCUT2D eigenvalue weighted by molar-refractivity contribution is 5.86. The fraction of sp³-hybridized carbons (Fsp3) is 0.786. The molecule has 3 nitrogen and oxygen atoms in total. The largest absolute Gasteiger partial charge is 0.478 e. The Labute approximate surface area is 105 Å². The van der Waals surface area contributed by atoms with Gasteiger partial charge in [-0.25, -0.2) is 4.79 Å². The number of carboxylic acid groups (broad SMARTS) is 1. The van der Waals surface area contributed by atoms with Crippen LogP contribution in [-0.4, -0.2) is 35.1 Å². The molecular weight excluding hydrogens is 214 g/mol. The number of aliphatic carboxylic acids is 1. The summed E-state index contributed by atoms with van der Waals surface area (Å²) in [5.74, 6) is 0.629. The molecule has 3 atom stereocenters. The Morgan fingerprint density at radius 2 is 2.06 bits per heavy atom. The Hall–Kier alpha value is -0.830. The van der Waals surface area contributed by atoms with Crippen LogP contribution >= 0.6 is 0 Å². The number of carbonyl (C=O) groups is 1. The standard InChI is InChI=1S/C14H25NO2/c1-5-13(14(16)17)6-7-15-9-10(2)8-11(3)12(15)4/h6,10-12H,5,7-9H2,1-4H3,(H,16,17). The van der Waals surface area contributed by atoms with Crippen LogP contribution in [0, 0.1) is 11.8 Å². The molecule has 1 heterocycles. The van der Waals surface area contributed by atoms with Gasteiger partial charge in [-0.15, -0.1) is 0 Å². The van der Waals surface area contributed by atoms with Gasteiger partial charge in [-0.1, -0.05) is 26.8 Å². The van der Waals surface area contributed by atoms with E-state index in [2.05, 4.69) is 25.7 Å². The molecule has 3 heteroatoms. The fourth-order valence-electron chi connectivity index (χ4n) is 2.68. The quantitative estimate of drug-likeness (QED) is 0.767. The van der Waals surface area contributed by atoms with Crippen LogP contribution in [0.15, 0.2) is 11.6 Å². The lowest BCUT2D eigenvalue weighted by atomic mass is 9.86. The van der Waals surface area contributed by atoms with Gasteiger partial charge in [0.1, 0.15) is 0 Å². The van der Waals surface area contributed by atoms with E-state index in [9.17, 15) is 4.79 Å². The third kappa shape index (κ3) is 3.84. The van der Waals surface area contributed by atoms with E-state index in [1.165, 1.54) is 6.42 Å². The highest BCUT2D eigenvalue weighted by Crippen LogP contribution is 2.26. The molecule has 0 bridgehead atoms. The lowest BCUT2D eigenvalue weighted by molar-refractivity contribution is -0.132. The summed E-state index contributed by atoms with van der Waals surface area (Å²) in [6.07, 6.45) is 3.76. The summed E-state index contributed by atoms with van der Waals surface area (Å²) in [6, 6.07) is 0.550. The van der Waals surface area contributed by atoms with Crippen LogP contribution < -0.4 is 0 Å². The Balaban J connectivity index is 2.63. The summed E-state index contributed by atoms with van der Waals surface area (Å²) in [5, 5.41) is 8.99. The van der Waals surface area contributed by atoms with E-state index in [0.717, 1.165) is 13.1 Å². The summed E-state index contributed by atoms with van der Waals surface area (Å²) < 4.78 is 0. The normalized spacial score (nSPS) is 31.5. The number of likely N-dealkylation sites (tertiary alicyclic amines) is 1. The smallest absolute Gasteiger partial charge is 0.331 e. The van der Waals surface area contributed by atoms with Crippen LogP contribution in [0.25, 0.3) is 0 Å². The molecule has 0 aromatic carbocycles. The average Bonchev–Trinajstić information content (AvgIpc) is 2.25. The average molecular weight is 239 g/mol. The van der Waals surface area contributed by atoms with Crippen molar-refractivity contribution < 1.29 is 9.90 Å². The van der Waals surface area contributed by atoms with Gasteiger partial charge in [-0.3, -0.25) is 4.90 Å². The van der Waals surface area contributed by atoms with E-state index in [4.69, 9.17) is 5.11 Å². The molecule has 3 unspecified atom stereocenters. The molecule has 0 aromatic rings. The minimum atomic E-state index is -0.779. The molecule has 1 saturated heterocycles. The second kappa shape index (κ2) is 6.20. The molecule has 0 aliphatic carbocycles. The summed E-state index contributed by atoms with van der Waals surface area (Å²) in [7, 11) is 0. The molecule has 0 aromatic heterocycles. The van der Waals surface area contributed by atoms with E-state index in [-0.39, 0.29) is 0 Å². The van der Waals surface area contributed by atoms with Gasteiger partial charge in [0.15, 0.2) is 0 Å². The van der Waals surface area contributed by atoms with E-state index in [0.29, 0.717) is 29.9 Å². The monoisotopic (exact) mass is 239 g/mol. The second-order valence-electron chi connectivity index (χ2n) is 5.40. The van der Waals surface area contributed by atoms with Gasteiger partial charge in [0.2, 0.25) is 0 Å². The molecule has 98 valence electrons. The maximum atomic E-state index is 10.9. The van der Waals surface area contributed by atoms with Gasteiger partial charge < -0.3 is 5.11 Å². The maximum Gasteiger partial charge on any atom is 0.331 e. The molecular formula is C14H25NO2. The first kappa shape index (κ1) is 14.2. The van der Waals surface area contributed by atoms with E-state index in [1.807, 2.05) is 13.0 Å². The van der Waals surface area contributed by atoms with Gasteiger partial charge >= 0.3 is 5.97 Å². The number of piperidine rings is 1. The first-order valence-electron chi connectivity index (χ1n) is 6.62. The third-order valence-corrected chi connectivity index (χ3v) is 3.95. The second-order valence-corrected chi connectivity index (χ2v) is 5.40. The number of carboxylic acids is 1. The van der Waals surface area contributed by atoms with Gasteiger partial charge in [-0.2, -0.15) is 0 Å². The van der Waals surface area contributed by atoms with Crippen molar-refractivity contribution in [2.75, 3.05) is 13.1 Å². The predicted molar refractivity (Wildman–Crippen MR) is 70.0 cm³/mol. The first-order valence-corrected chi connectivity index (χ1v) is 6.62. The van der Waals surface area contributed by atoms with Crippen LogP contribution in [0.5, 0.6) is 0 Å². The molecule has 1 aliphatic rings. The zero-order valence-corrected chi connectivity index (χ0v) is 11.4. The van der Waals surface area contributed by atoms with Crippen molar-refractivity contribution in [2.45, 2.75) is 46.6 Å². The number of hydrogen-bond acceptors (Lipinski definition) is 2. The predicted octanol–water partition coefficient (Wildman–Crippen LogP) is 2.77. The van der Waals surface area contributed by atoms with Gasteiger partial charge in [0, 0.05) is 24.7 Å². The lowest BCUT2D eigenvalue weighted by Gasteiger charge is -2.40. The number of hydrogen-bond donors (Lipinski definition) is 1. The highest BCUT2D eigenvalue weighted by atomic mass is 16.4. The van der Waals surface area contributed by atoms with Crippen LogP contribution in [0.1, 0.15) is 40.5 Å². The number of nitrogens with zero attached hydrogens (tertiary/aromatic N) is 1. The van der Waals surface area contributed by atoms with E-state index < -0.39 is 5.97 Å². The third-order valence-electron chi connectivity index (χ3n) is 3.95. The van der Waals surface area contributed by atoms with Crippen LogP contribution in [0.3, 0.4) is 0 Å². The van der Waals surface area contributed by atoms with Crippen molar-refractivity contribution in [1.29, 1.82) is 0 Å². The van der Waals surface area contributed by atoms with Crippen molar-refractivity contribution in [3.8, 4) is 0 Å². The molecule has 0 spiro atoms. The van der Waals surface area contributed by atoms with Crippen molar-refractivity contribution in [2.24, 2.45) is 11.8 Å². The summed E-state index contributed by atoms with van der Waals surface area (Å²) in [4.78, 5) is 13.3. The summed E-state index contributed by atoms with van der Waals surface area (Å²) in [5.41, 5.74) is 0.531. The molecule has 1 fully saturated rings. The number of rotatable bonds is 4. The molecule has 0 amide bonds. The fourth-order valence-corrected chi connectivity index (χ4v) is 2.68. The SMILES string of the molecule is CCC(=CCN1CC(C)CC(C)C1C)C(=O)O. The van der Waals surface area contributed by atoms with Crippen molar-refractivity contribution in [3.05, 3.63) is 11.6 Å². The maximum absolute atomic E-state index is 10.9. The van der Waals surface area contributed by atoms with E-state index >= 15 is 0 Å². The van der Waals surface area contributed by atoms with Crippen molar-refractivity contribution >= 4 is 5.97 Å². The first-order chi connectivity index (χ1) is 7.95. The molecule has 0 radical (unpaired) electrons. The van der Waals surface area contributed by atoms with Gasteiger partial charge in [-0.05, 0) is 31.6 Å². The van der Waals surface area contributed by atoms with Crippen LogP contribution in [0.4, 0.5) is 0 Å². The Kier molecular flexibility index (Phi) is 5.19. The molecule has 1 N–H and O–H groups in total. The van der Waals surface area contributed by atoms with E-state index in [1.54, 1.807) is 0 Å². The summed E-state index contributed by atoms with van der Waals surface area (Å²) >= 11 is 0. The molecule has 17 heavy (non-hydrogen) atoms. The molecule has 0 saturated carbocycles. The van der Waals surface area contributed by atoms with Crippen molar-refractivity contribution in [3.63, 3.8) is 0 Å². The zero-order valence-electron chi connectivity index (χ0n) is 11.4. The highest BCUT2D eigenvalue weighted by Gasteiger charge is 2.27. The van der Waals surface area contributed by atoms with Gasteiger partial charge in [0.05, 0.1) is 0 Å². The molecule has 1 rings (SSSR count). The zero-order chi connectivity index (χ0) is 13.0. The summed E-state index contributed by atoms with van der Waals surface area (Å²) in [6.45, 7) is 10.6. The molecule has 1 aliphatic heterocycles. The Bertz CT molecular complexity index is 299. The Morgan fingerprint density at radius 3 is 2.59 bits per heavy atom. The van der Waals surface area contributed by atoms with Crippen LogP contribution in [0.2, 0.25) is 0 Å².